The molecular weight excluding hydrogens is 310 g/mol. The molecule has 0 unspecified atom stereocenters. The van der Waals surface area contributed by atoms with Crippen molar-refractivity contribution in [3.63, 3.8) is 0 Å². The van der Waals surface area contributed by atoms with E-state index in [0.717, 1.165) is 26.8 Å². The van der Waals surface area contributed by atoms with Crippen LogP contribution in [0.4, 0.5) is 0 Å². The van der Waals surface area contributed by atoms with Gasteiger partial charge < -0.3 is 9.52 Å². The molecule has 5 nitrogen and oxygen atoms in total. The van der Waals surface area contributed by atoms with Crippen LogP contribution in [0.2, 0.25) is 0 Å². The summed E-state index contributed by atoms with van der Waals surface area (Å²) >= 11 is 1.44. The lowest BCUT2D eigenvalue weighted by molar-refractivity contribution is 0.275. The van der Waals surface area contributed by atoms with E-state index in [-0.39, 0.29) is 6.61 Å². The Balaban J connectivity index is 1.90. The van der Waals surface area contributed by atoms with Crippen molar-refractivity contribution in [3.05, 3.63) is 53.4 Å². The molecule has 3 heterocycles. The molecule has 0 aliphatic rings. The van der Waals surface area contributed by atoms with Gasteiger partial charge >= 0.3 is 0 Å². The first-order chi connectivity index (χ1) is 11.2. The standard InChI is InChI=1S/C17H15N3O2S/c1-10-5-6-12(11(2)8-10)15-13(9-21)20-17(18-15)23-16(19-20)14-4-3-7-22-14/h3-8,21H,9H2,1-2H3. The van der Waals surface area contributed by atoms with Crippen LogP contribution in [0.15, 0.2) is 41.0 Å². The highest BCUT2D eigenvalue weighted by molar-refractivity contribution is 7.19. The molecule has 0 saturated carbocycles. The van der Waals surface area contributed by atoms with Crippen molar-refractivity contribution in [2.45, 2.75) is 20.5 Å². The number of aromatic nitrogens is 3. The minimum Gasteiger partial charge on any atom is -0.462 e. The van der Waals surface area contributed by atoms with Crippen LogP contribution in [-0.4, -0.2) is 19.7 Å². The monoisotopic (exact) mass is 325 g/mol. The highest BCUT2D eigenvalue weighted by atomic mass is 32.1. The van der Waals surface area contributed by atoms with Crippen molar-refractivity contribution < 1.29 is 9.52 Å². The number of fused-ring (bicyclic) bond motifs is 1. The van der Waals surface area contributed by atoms with Gasteiger partial charge in [-0.25, -0.2) is 9.50 Å². The predicted octanol–water partition coefficient (Wildman–Crippen LogP) is 3.83. The molecule has 4 rings (SSSR count). The smallest absolute Gasteiger partial charge is 0.213 e. The quantitative estimate of drug-likeness (QED) is 0.622. The Labute approximate surface area is 136 Å². The largest absolute Gasteiger partial charge is 0.462 e. The molecule has 0 fully saturated rings. The van der Waals surface area contributed by atoms with Gasteiger partial charge in [-0.2, -0.15) is 5.10 Å². The molecule has 0 atom stereocenters. The van der Waals surface area contributed by atoms with Crippen molar-refractivity contribution in [2.24, 2.45) is 0 Å². The van der Waals surface area contributed by atoms with Crippen molar-refractivity contribution >= 4 is 16.3 Å². The van der Waals surface area contributed by atoms with Crippen LogP contribution >= 0.6 is 11.3 Å². The molecule has 0 aliphatic carbocycles. The van der Waals surface area contributed by atoms with E-state index in [1.165, 1.54) is 16.9 Å². The van der Waals surface area contributed by atoms with E-state index in [2.05, 4.69) is 31.1 Å². The molecule has 0 spiro atoms. The Morgan fingerprint density at radius 1 is 1.26 bits per heavy atom. The van der Waals surface area contributed by atoms with Crippen LogP contribution in [-0.2, 0) is 6.61 Å². The van der Waals surface area contributed by atoms with Gasteiger partial charge in [0.05, 0.1) is 24.3 Å². The summed E-state index contributed by atoms with van der Waals surface area (Å²) in [4.78, 5) is 5.44. The number of hydrogen-bond acceptors (Lipinski definition) is 5. The average Bonchev–Trinajstić information content (AvgIpc) is 3.22. The summed E-state index contributed by atoms with van der Waals surface area (Å²) in [5.41, 5.74) is 4.85. The SMILES string of the molecule is Cc1ccc(-c2nc3sc(-c4ccco4)nn3c2CO)c(C)c1. The molecule has 0 radical (unpaired) electrons. The fourth-order valence-corrected chi connectivity index (χ4v) is 3.61. The Bertz CT molecular complexity index is 983. The van der Waals surface area contributed by atoms with E-state index in [1.807, 2.05) is 18.2 Å². The van der Waals surface area contributed by atoms with E-state index in [0.29, 0.717) is 11.5 Å². The second kappa shape index (κ2) is 5.33. The van der Waals surface area contributed by atoms with Crippen LogP contribution in [0.5, 0.6) is 0 Å². The number of benzene rings is 1. The van der Waals surface area contributed by atoms with Crippen LogP contribution < -0.4 is 0 Å². The van der Waals surface area contributed by atoms with E-state index in [4.69, 9.17) is 9.40 Å². The van der Waals surface area contributed by atoms with Gasteiger partial charge in [0.25, 0.3) is 0 Å². The number of hydrogen-bond donors (Lipinski definition) is 1. The van der Waals surface area contributed by atoms with Gasteiger partial charge in [-0.1, -0.05) is 35.1 Å². The molecule has 6 heteroatoms. The van der Waals surface area contributed by atoms with E-state index in [9.17, 15) is 5.11 Å². The zero-order valence-electron chi connectivity index (χ0n) is 12.8. The number of aliphatic hydroxyl groups excluding tert-OH is 1. The summed E-state index contributed by atoms with van der Waals surface area (Å²) in [6.07, 6.45) is 1.62. The highest BCUT2D eigenvalue weighted by Crippen LogP contribution is 2.32. The molecule has 0 aliphatic heterocycles. The van der Waals surface area contributed by atoms with E-state index < -0.39 is 0 Å². The summed E-state index contributed by atoms with van der Waals surface area (Å²) in [6, 6.07) is 9.91. The summed E-state index contributed by atoms with van der Waals surface area (Å²) in [5.74, 6) is 0.706. The third kappa shape index (κ3) is 2.27. The van der Waals surface area contributed by atoms with Crippen LogP contribution in [0.3, 0.4) is 0 Å². The fraction of sp³-hybridized carbons (Fsp3) is 0.176. The van der Waals surface area contributed by atoms with Gasteiger partial charge in [0.1, 0.15) is 0 Å². The fourth-order valence-electron chi connectivity index (χ4n) is 2.73. The Kier molecular flexibility index (Phi) is 3.28. The lowest BCUT2D eigenvalue weighted by atomic mass is 10.0. The molecule has 0 bridgehead atoms. The zero-order valence-corrected chi connectivity index (χ0v) is 13.6. The minimum absolute atomic E-state index is 0.120. The number of aryl methyl sites for hydroxylation is 2. The van der Waals surface area contributed by atoms with Crippen molar-refractivity contribution in [1.82, 2.24) is 14.6 Å². The third-order valence-electron chi connectivity index (χ3n) is 3.82. The Morgan fingerprint density at radius 3 is 2.83 bits per heavy atom. The number of rotatable bonds is 3. The maximum absolute atomic E-state index is 9.83. The van der Waals surface area contributed by atoms with Crippen LogP contribution in [0.25, 0.3) is 27.0 Å². The molecule has 23 heavy (non-hydrogen) atoms. The third-order valence-corrected chi connectivity index (χ3v) is 4.74. The zero-order chi connectivity index (χ0) is 16.0. The molecule has 0 saturated heterocycles. The molecule has 1 aromatic carbocycles. The number of imidazole rings is 1. The summed E-state index contributed by atoms with van der Waals surface area (Å²) in [7, 11) is 0. The van der Waals surface area contributed by atoms with Gasteiger partial charge in [-0.05, 0) is 31.5 Å². The van der Waals surface area contributed by atoms with E-state index in [1.54, 1.807) is 10.8 Å². The molecule has 3 aromatic heterocycles. The van der Waals surface area contributed by atoms with E-state index >= 15 is 0 Å². The summed E-state index contributed by atoms with van der Waals surface area (Å²) in [5, 5.41) is 15.1. The first-order valence-electron chi connectivity index (χ1n) is 7.28. The second-order valence-electron chi connectivity index (χ2n) is 5.46. The van der Waals surface area contributed by atoms with Crippen LogP contribution in [0.1, 0.15) is 16.8 Å². The highest BCUT2D eigenvalue weighted by Gasteiger charge is 2.19. The molecular formula is C17H15N3O2S. The molecule has 116 valence electrons. The van der Waals surface area contributed by atoms with Crippen molar-refractivity contribution in [3.8, 4) is 22.0 Å². The summed E-state index contributed by atoms with van der Waals surface area (Å²) < 4.78 is 7.09. The van der Waals surface area contributed by atoms with Crippen molar-refractivity contribution in [2.75, 3.05) is 0 Å². The van der Waals surface area contributed by atoms with Gasteiger partial charge in [0, 0.05) is 5.56 Å². The maximum atomic E-state index is 9.83. The molecule has 4 aromatic rings. The molecule has 1 N–H and O–H groups in total. The van der Waals surface area contributed by atoms with Gasteiger partial charge in [0.15, 0.2) is 10.8 Å². The normalized spacial score (nSPS) is 11.4. The number of aliphatic hydroxyl groups is 1. The number of nitrogens with zero attached hydrogens (tertiary/aromatic N) is 3. The van der Waals surface area contributed by atoms with Gasteiger partial charge in [-0.15, -0.1) is 0 Å². The maximum Gasteiger partial charge on any atom is 0.213 e. The first-order valence-corrected chi connectivity index (χ1v) is 8.10. The Morgan fingerprint density at radius 2 is 2.13 bits per heavy atom. The Hall–Kier alpha value is -2.44. The van der Waals surface area contributed by atoms with Crippen LogP contribution in [0, 0.1) is 13.8 Å². The van der Waals surface area contributed by atoms with Gasteiger partial charge in [-0.3, -0.25) is 0 Å². The predicted molar refractivity (Wildman–Crippen MR) is 89.4 cm³/mol. The average molecular weight is 325 g/mol. The second-order valence-corrected chi connectivity index (χ2v) is 6.42. The summed E-state index contributed by atoms with van der Waals surface area (Å²) in [6.45, 7) is 4.00. The lowest BCUT2D eigenvalue weighted by Gasteiger charge is -2.06. The lowest BCUT2D eigenvalue weighted by Crippen LogP contribution is -1.96. The first kappa shape index (κ1) is 14.2. The van der Waals surface area contributed by atoms with Crippen molar-refractivity contribution in [1.29, 1.82) is 0 Å². The topological polar surface area (TPSA) is 63.6 Å². The minimum atomic E-state index is -0.120. The number of furan rings is 1. The van der Waals surface area contributed by atoms with Gasteiger partial charge in [0.2, 0.25) is 4.96 Å². The molecule has 0 amide bonds.